The lowest BCUT2D eigenvalue weighted by Gasteiger charge is -2.40. The fourth-order valence-corrected chi connectivity index (χ4v) is 13.6. The Kier molecular flexibility index (Phi) is 9.14. The van der Waals surface area contributed by atoms with E-state index < -0.39 is 5.41 Å². The van der Waals surface area contributed by atoms with E-state index in [4.69, 9.17) is 9.97 Å². The molecule has 0 saturated carbocycles. The van der Waals surface area contributed by atoms with Gasteiger partial charge in [-0.2, -0.15) is 5.26 Å². The second-order valence-corrected chi connectivity index (χ2v) is 20.4. The summed E-state index contributed by atoms with van der Waals surface area (Å²) in [4.78, 5) is 12.7. The zero-order chi connectivity index (χ0) is 49.2. The van der Waals surface area contributed by atoms with Crippen LogP contribution in [0.5, 0.6) is 0 Å². The van der Waals surface area contributed by atoms with E-state index in [2.05, 4.69) is 227 Å². The predicted octanol–water partition coefficient (Wildman–Crippen LogP) is 16.6. The summed E-state index contributed by atoms with van der Waals surface area (Å²) in [5, 5.41) is 17.2. The quantitative estimate of drug-likeness (QED) is 0.167. The van der Waals surface area contributed by atoms with Crippen molar-refractivity contribution in [3.8, 4) is 34.5 Å². The van der Waals surface area contributed by atoms with Crippen molar-refractivity contribution in [1.82, 2.24) is 23.7 Å². The van der Waals surface area contributed by atoms with Crippen molar-refractivity contribution in [2.75, 3.05) is 0 Å². The Balaban J connectivity index is 0.933. The Morgan fingerprint density at radius 1 is 0.514 bits per heavy atom. The zero-order valence-electron chi connectivity index (χ0n) is 40.2. The number of fused-ring (bicyclic) bond motifs is 16. The molecule has 0 bridgehead atoms. The van der Waals surface area contributed by atoms with Gasteiger partial charge < -0.3 is 13.7 Å². The summed E-state index contributed by atoms with van der Waals surface area (Å²) < 4.78 is 7.06. The lowest BCUT2D eigenvalue weighted by molar-refractivity contribution is 0.737. The smallest absolute Gasteiger partial charge is 0.0991 e. The van der Waals surface area contributed by atoms with E-state index in [0.29, 0.717) is 5.56 Å². The first-order valence-corrected chi connectivity index (χ1v) is 25.7. The molecule has 6 nitrogen and oxygen atoms in total. The molecule has 1 atom stereocenters. The summed E-state index contributed by atoms with van der Waals surface area (Å²) in [6.45, 7) is 6.70. The first kappa shape index (κ1) is 42.2. The normalized spacial score (nSPS) is 15.2. The molecule has 74 heavy (non-hydrogen) atoms. The third-order valence-corrected chi connectivity index (χ3v) is 16.7. The van der Waals surface area contributed by atoms with E-state index in [1.807, 2.05) is 30.6 Å². The highest BCUT2D eigenvalue weighted by Crippen LogP contribution is 2.62. The molecule has 1 unspecified atom stereocenters. The second-order valence-electron chi connectivity index (χ2n) is 19.3. The molecule has 1 spiro atoms. The van der Waals surface area contributed by atoms with Crippen LogP contribution in [0.4, 0.5) is 0 Å². The van der Waals surface area contributed by atoms with Gasteiger partial charge in [-0.3, -0.25) is 9.97 Å². The monoisotopic (exact) mass is 962 g/mol. The minimum absolute atomic E-state index is 0.620. The predicted molar refractivity (Wildman–Crippen MR) is 305 cm³/mol. The second kappa shape index (κ2) is 16.0. The van der Waals surface area contributed by atoms with Gasteiger partial charge in [-0.05, 0) is 126 Å². The Hall–Kier alpha value is -9.48. The molecule has 0 saturated heterocycles. The molecule has 8 aromatic carbocycles. The molecule has 0 amide bonds. The van der Waals surface area contributed by atoms with Crippen molar-refractivity contribution >= 4 is 82.8 Å². The van der Waals surface area contributed by atoms with Crippen molar-refractivity contribution in [3.63, 3.8) is 0 Å². The van der Waals surface area contributed by atoms with E-state index in [9.17, 15) is 5.26 Å². The Labute approximate surface area is 430 Å². The Morgan fingerprint density at radius 3 is 1.69 bits per heavy atom. The van der Waals surface area contributed by atoms with Crippen LogP contribution in [0, 0.1) is 11.3 Å². The highest BCUT2D eigenvalue weighted by Gasteiger charge is 2.52. The lowest BCUT2D eigenvalue weighted by Crippen LogP contribution is -2.32. The molecule has 2 aliphatic rings. The SMILES string of the molecule is C=CC1=C(/C=C(\C)c2ccc3c(c2)c2cc(C#N)ccc2n3-c2cccc(-n3c4ccccc4c4ccccc43)c2)C2(c3ccccc3S1)c1cccnc1-c1ncc(-n3c4ccccc4c4ccccc43)cc12. The van der Waals surface area contributed by atoms with Crippen LogP contribution in [0.25, 0.3) is 99.4 Å². The molecular formula is C67H42N6S. The number of hydrogen-bond donors (Lipinski definition) is 0. The average Bonchev–Trinajstić information content (AvgIpc) is 4.18. The standard InChI is InChI=1S/C67H42N6S/c1-3-63-55(67(53-22-8-13-28-64(53)74-63)54-23-15-33-69-65(54)66-56(67)38-46(40-70-66)73-59-26-11-6-20-49(59)50-21-7-12-27-60(50)73)34-41(2)43-30-32-62-52(36-43)51-35-42(39-68)29-31-61(51)72(62)45-17-14-16-44(37-45)71-57-24-9-4-18-47(57)48-19-5-10-25-58(48)71/h3-38,40H,1H2,2H3/b41-34+. The number of thioether (sulfide) groups is 1. The lowest BCUT2D eigenvalue weighted by atomic mass is 9.66. The number of benzene rings is 8. The number of hydrogen-bond acceptors (Lipinski definition) is 4. The molecule has 5 aromatic heterocycles. The molecule has 1 aliphatic carbocycles. The first-order valence-electron chi connectivity index (χ1n) is 24.9. The molecular weight excluding hydrogens is 921 g/mol. The average molecular weight is 963 g/mol. The van der Waals surface area contributed by atoms with Crippen LogP contribution in [-0.2, 0) is 5.41 Å². The fourth-order valence-electron chi connectivity index (χ4n) is 12.5. The van der Waals surface area contributed by atoms with Gasteiger partial charge in [-0.15, -0.1) is 0 Å². The van der Waals surface area contributed by atoms with Crippen molar-refractivity contribution in [2.45, 2.75) is 17.2 Å². The summed E-state index contributed by atoms with van der Waals surface area (Å²) in [5.74, 6) is 0. The van der Waals surface area contributed by atoms with Crippen molar-refractivity contribution in [2.24, 2.45) is 0 Å². The Bertz CT molecular complexity index is 4600. The third-order valence-electron chi connectivity index (χ3n) is 15.6. The van der Waals surface area contributed by atoms with E-state index >= 15 is 0 Å². The van der Waals surface area contributed by atoms with Crippen molar-refractivity contribution in [1.29, 1.82) is 5.26 Å². The first-order chi connectivity index (χ1) is 36.5. The van der Waals surface area contributed by atoms with Crippen LogP contribution in [0.3, 0.4) is 0 Å². The zero-order valence-corrected chi connectivity index (χ0v) is 41.0. The maximum absolute atomic E-state index is 10.3. The summed E-state index contributed by atoms with van der Waals surface area (Å²) in [6, 6.07) is 74.1. The van der Waals surface area contributed by atoms with Crippen molar-refractivity contribution in [3.05, 3.63) is 270 Å². The number of pyridine rings is 2. The van der Waals surface area contributed by atoms with Gasteiger partial charge in [-0.1, -0.05) is 140 Å². The number of aromatic nitrogens is 5. The van der Waals surface area contributed by atoms with Gasteiger partial charge in [-0.25, -0.2) is 0 Å². The summed E-state index contributed by atoms with van der Waals surface area (Å²) in [6.07, 6.45) is 8.31. The highest BCUT2D eigenvalue weighted by atomic mass is 32.2. The fraction of sp³-hybridized carbons (Fsp3) is 0.0299. The van der Waals surface area contributed by atoms with Crippen LogP contribution < -0.4 is 0 Å². The molecule has 15 rings (SSSR count). The molecule has 0 fully saturated rings. The molecule has 13 aromatic rings. The van der Waals surface area contributed by atoms with Gasteiger partial charge in [0.15, 0.2) is 0 Å². The Morgan fingerprint density at radius 2 is 1.05 bits per heavy atom. The largest absolute Gasteiger partial charge is 0.309 e. The summed E-state index contributed by atoms with van der Waals surface area (Å²) in [5.41, 5.74) is 18.1. The molecule has 0 radical (unpaired) electrons. The topological polar surface area (TPSA) is 64.4 Å². The number of rotatable bonds is 6. The molecule has 1 aliphatic heterocycles. The number of nitrogens with zero attached hydrogens (tertiary/aromatic N) is 6. The number of nitriles is 1. The maximum atomic E-state index is 10.3. The van der Waals surface area contributed by atoms with E-state index in [1.165, 1.54) is 32.0 Å². The van der Waals surface area contributed by atoms with Gasteiger partial charge in [0, 0.05) is 65.3 Å². The van der Waals surface area contributed by atoms with Gasteiger partial charge in [0.2, 0.25) is 0 Å². The molecule has 0 N–H and O–H groups in total. The maximum Gasteiger partial charge on any atom is 0.0991 e. The van der Waals surface area contributed by atoms with Crippen molar-refractivity contribution < 1.29 is 0 Å². The molecule has 7 heteroatoms. The minimum atomic E-state index is -0.781. The van der Waals surface area contributed by atoms with Gasteiger partial charge >= 0.3 is 0 Å². The van der Waals surface area contributed by atoms with Gasteiger partial charge in [0.25, 0.3) is 0 Å². The van der Waals surface area contributed by atoms with Crippen LogP contribution in [0.15, 0.2) is 247 Å². The minimum Gasteiger partial charge on any atom is -0.309 e. The summed E-state index contributed by atoms with van der Waals surface area (Å²) in [7, 11) is 0. The van der Waals surface area contributed by atoms with Crippen LogP contribution in [0.1, 0.15) is 34.7 Å². The van der Waals surface area contributed by atoms with E-state index in [-0.39, 0.29) is 0 Å². The third kappa shape index (κ3) is 5.83. The number of para-hydroxylation sites is 4. The van der Waals surface area contributed by atoms with Crippen LogP contribution in [0.2, 0.25) is 0 Å². The van der Waals surface area contributed by atoms with Crippen LogP contribution >= 0.6 is 11.8 Å². The highest BCUT2D eigenvalue weighted by molar-refractivity contribution is 8.03. The molecule has 346 valence electrons. The van der Waals surface area contributed by atoms with Gasteiger partial charge in [0.1, 0.15) is 0 Å². The van der Waals surface area contributed by atoms with E-state index in [1.54, 1.807) is 11.8 Å². The van der Waals surface area contributed by atoms with Gasteiger partial charge in [0.05, 0.1) is 73.4 Å². The van der Waals surface area contributed by atoms with Crippen LogP contribution in [-0.4, -0.2) is 23.7 Å². The van der Waals surface area contributed by atoms with E-state index in [0.717, 1.165) is 105 Å². The molecule has 6 heterocycles. The number of allylic oxidation sites excluding steroid dienone is 4. The summed E-state index contributed by atoms with van der Waals surface area (Å²) >= 11 is 1.76.